The molecule has 0 spiro atoms. The first-order valence-corrected chi connectivity index (χ1v) is 9.12. The number of esters is 1. The minimum absolute atomic E-state index is 0.101. The summed E-state index contributed by atoms with van der Waals surface area (Å²) in [5.41, 5.74) is 0.989. The molecule has 3 aromatic rings. The Morgan fingerprint density at radius 2 is 1.90 bits per heavy atom. The summed E-state index contributed by atoms with van der Waals surface area (Å²) in [5.74, 6) is 0.332. The Bertz CT molecular complexity index is 989. The van der Waals surface area contributed by atoms with Crippen molar-refractivity contribution < 1.29 is 27.9 Å². The van der Waals surface area contributed by atoms with Crippen molar-refractivity contribution in [2.45, 2.75) is 26.9 Å². The second-order valence-electron chi connectivity index (χ2n) is 6.22. The molecule has 0 radical (unpaired) electrons. The molecule has 7 nitrogen and oxygen atoms in total. The van der Waals surface area contributed by atoms with Crippen molar-refractivity contribution in [2.75, 3.05) is 13.2 Å². The van der Waals surface area contributed by atoms with Crippen LogP contribution in [0.4, 0.5) is 4.39 Å². The Labute approximate surface area is 167 Å². The minimum Gasteiger partial charge on any atom is -0.490 e. The Balaban J connectivity index is 1.59. The molecule has 0 amide bonds. The lowest BCUT2D eigenvalue weighted by atomic mass is 10.1. The second-order valence-corrected chi connectivity index (χ2v) is 6.22. The number of aryl methyl sites for hydroxylation is 1. The summed E-state index contributed by atoms with van der Waals surface area (Å²) in [4.78, 5) is 16.3. The fraction of sp³-hybridized carbons (Fsp3) is 0.286. The van der Waals surface area contributed by atoms with Gasteiger partial charge in [0.25, 0.3) is 5.89 Å². The summed E-state index contributed by atoms with van der Waals surface area (Å²) in [5, 5.41) is 3.82. The minimum atomic E-state index is -0.787. The molecule has 3 rings (SSSR count). The van der Waals surface area contributed by atoms with Gasteiger partial charge >= 0.3 is 5.97 Å². The summed E-state index contributed by atoms with van der Waals surface area (Å²) in [7, 11) is 0. The zero-order valence-corrected chi connectivity index (χ0v) is 16.3. The number of aromatic nitrogens is 2. The first-order valence-electron chi connectivity index (χ1n) is 9.12. The lowest BCUT2D eigenvalue weighted by Gasteiger charge is -2.12. The third kappa shape index (κ3) is 5.10. The largest absolute Gasteiger partial charge is 0.490 e. The summed E-state index contributed by atoms with van der Waals surface area (Å²) in [6.07, 6.45) is -0.787. The molecule has 0 aliphatic carbocycles. The maximum absolute atomic E-state index is 13.7. The van der Waals surface area contributed by atoms with Crippen molar-refractivity contribution in [3.63, 3.8) is 0 Å². The van der Waals surface area contributed by atoms with Gasteiger partial charge in [-0.2, -0.15) is 4.98 Å². The van der Waals surface area contributed by atoms with Gasteiger partial charge in [0.05, 0.1) is 6.61 Å². The number of ether oxygens (including phenoxy) is 3. The highest BCUT2D eigenvalue weighted by Gasteiger charge is 2.20. The molecule has 0 fully saturated rings. The zero-order valence-electron chi connectivity index (χ0n) is 16.3. The zero-order chi connectivity index (χ0) is 20.8. The summed E-state index contributed by atoms with van der Waals surface area (Å²) >= 11 is 0. The average molecular weight is 400 g/mol. The molecule has 0 saturated heterocycles. The fourth-order valence-corrected chi connectivity index (χ4v) is 2.51. The molecule has 1 atom stereocenters. The number of hydrogen-bond acceptors (Lipinski definition) is 7. The lowest BCUT2D eigenvalue weighted by Crippen LogP contribution is -2.17. The number of carbonyl (C=O) groups is 1. The van der Waals surface area contributed by atoms with Crippen LogP contribution < -0.4 is 9.47 Å². The number of halogens is 1. The van der Waals surface area contributed by atoms with Crippen LogP contribution in [-0.4, -0.2) is 29.3 Å². The van der Waals surface area contributed by atoms with Crippen LogP contribution in [0, 0.1) is 12.7 Å². The van der Waals surface area contributed by atoms with Gasteiger partial charge in [0.1, 0.15) is 5.82 Å². The number of rotatable bonds is 8. The number of hydrogen-bond donors (Lipinski definition) is 0. The van der Waals surface area contributed by atoms with Crippen LogP contribution in [0.5, 0.6) is 11.5 Å². The molecule has 0 bridgehead atoms. The van der Waals surface area contributed by atoms with Crippen molar-refractivity contribution in [1.29, 1.82) is 0 Å². The summed E-state index contributed by atoms with van der Waals surface area (Å²) in [6.45, 7) is 5.29. The predicted octanol–water partition coefficient (Wildman–Crippen LogP) is 4.27. The van der Waals surface area contributed by atoms with Crippen molar-refractivity contribution >= 4 is 5.97 Å². The first kappa shape index (κ1) is 20.3. The van der Waals surface area contributed by atoms with Crippen LogP contribution in [0.3, 0.4) is 0 Å². The Morgan fingerprint density at radius 3 is 2.59 bits per heavy atom. The van der Waals surface area contributed by atoms with E-state index in [9.17, 15) is 9.18 Å². The van der Waals surface area contributed by atoms with Crippen LogP contribution in [0.15, 0.2) is 47.0 Å². The highest BCUT2D eigenvalue weighted by Crippen LogP contribution is 2.27. The molecule has 152 valence electrons. The number of benzene rings is 2. The van der Waals surface area contributed by atoms with Crippen LogP contribution >= 0.6 is 0 Å². The molecule has 1 heterocycles. The van der Waals surface area contributed by atoms with Gasteiger partial charge in [-0.05, 0) is 44.5 Å². The summed E-state index contributed by atoms with van der Waals surface area (Å²) < 4.78 is 35.1. The second kappa shape index (κ2) is 9.18. The van der Waals surface area contributed by atoms with Crippen molar-refractivity contribution in [1.82, 2.24) is 10.1 Å². The van der Waals surface area contributed by atoms with Gasteiger partial charge in [0.15, 0.2) is 24.2 Å². The monoisotopic (exact) mass is 400 g/mol. The van der Waals surface area contributed by atoms with Crippen molar-refractivity contribution in [3.8, 4) is 22.9 Å². The Kier molecular flexibility index (Phi) is 6.43. The summed E-state index contributed by atoms with van der Waals surface area (Å²) in [6, 6.07) is 11.7. The van der Waals surface area contributed by atoms with E-state index in [1.807, 2.05) is 13.0 Å². The fourth-order valence-electron chi connectivity index (χ4n) is 2.51. The molecule has 29 heavy (non-hydrogen) atoms. The van der Waals surface area contributed by atoms with E-state index in [-0.39, 0.29) is 24.1 Å². The van der Waals surface area contributed by atoms with Gasteiger partial charge in [-0.25, -0.2) is 9.18 Å². The van der Waals surface area contributed by atoms with E-state index in [0.29, 0.717) is 29.2 Å². The van der Waals surface area contributed by atoms with E-state index in [4.69, 9.17) is 18.7 Å². The first-order chi connectivity index (χ1) is 14.0. The van der Waals surface area contributed by atoms with E-state index in [2.05, 4.69) is 10.1 Å². The standard InChI is InChI=1S/C21H21FN2O5/c1-4-26-17-7-5-6-8-18(17)27-12-19(25)28-14(3)21-23-20(24-29-21)15-10-9-13(2)16(22)11-15/h5-11,14H,4,12H2,1-3H3. The van der Waals surface area contributed by atoms with Crippen molar-refractivity contribution in [2.24, 2.45) is 0 Å². The van der Waals surface area contributed by atoms with E-state index in [1.54, 1.807) is 44.2 Å². The normalized spacial score (nSPS) is 11.7. The molecular weight excluding hydrogens is 379 g/mol. The number of carbonyl (C=O) groups excluding carboxylic acids is 1. The van der Waals surface area contributed by atoms with Gasteiger partial charge in [-0.15, -0.1) is 0 Å². The third-order valence-corrected chi connectivity index (χ3v) is 4.02. The van der Waals surface area contributed by atoms with Gasteiger partial charge in [-0.1, -0.05) is 29.4 Å². The SMILES string of the molecule is CCOc1ccccc1OCC(=O)OC(C)c1nc(-c2ccc(C)c(F)c2)no1. The van der Waals surface area contributed by atoms with Crippen LogP contribution in [-0.2, 0) is 9.53 Å². The maximum atomic E-state index is 13.7. The van der Waals surface area contributed by atoms with Gasteiger partial charge in [0, 0.05) is 5.56 Å². The molecule has 1 unspecified atom stereocenters. The molecule has 0 aliphatic rings. The highest BCUT2D eigenvalue weighted by molar-refractivity contribution is 5.71. The third-order valence-electron chi connectivity index (χ3n) is 4.02. The van der Waals surface area contributed by atoms with E-state index in [0.717, 1.165) is 0 Å². The molecule has 1 aromatic heterocycles. The molecule has 2 aromatic carbocycles. The van der Waals surface area contributed by atoms with Crippen LogP contribution in [0.2, 0.25) is 0 Å². The highest BCUT2D eigenvalue weighted by atomic mass is 19.1. The van der Waals surface area contributed by atoms with Crippen LogP contribution in [0.1, 0.15) is 31.4 Å². The van der Waals surface area contributed by atoms with Crippen LogP contribution in [0.25, 0.3) is 11.4 Å². The van der Waals surface area contributed by atoms with Gasteiger partial charge < -0.3 is 18.7 Å². The lowest BCUT2D eigenvalue weighted by molar-refractivity contribution is -0.152. The number of nitrogens with zero attached hydrogens (tertiary/aromatic N) is 2. The Morgan fingerprint density at radius 1 is 1.17 bits per heavy atom. The molecule has 8 heteroatoms. The quantitative estimate of drug-likeness (QED) is 0.522. The molecule has 0 N–H and O–H groups in total. The van der Waals surface area contributed by atoms with E-state index in [1.165, 1.54) is 6.07 Å². The average Bonchev–Trinajstić information content (AvgIpc) is 3.20. The molecular formula is C21H21FN2O5. The smallest absolute Gasteiger partial charge is 0.344 e. The Hall–Kier alpha value is -3.42. The topological polar surface area (TPSA) is 83.7 Å². The number of para-hydroxylation sites is 2. The molecule has 0 aliphatic heterocycles. The van der Waals surface area contributed by atoms with Crippen molar-refractivity contribution in [3.05, 3.63) is 59.7 Å². The van der Waals surface area contributed by atoms with E-state index >= 15 is 0 Å². The van der Waals surface area contributed by atoms with Gasteiger partial charge in [-0.3, -0.25) is 0 Å². The maximum Gasteiger partial charge on any atom is 0.344 e. The molecule has 0 saturated carbocycles. The predicted molar refractivity (Wildman–Crippen MR) is 102 cm³/mol. The van der Waals surface area contributed by atoms with Gasteiger partial charge in [0.2, 0.25) is 5.82 Å². The van der Waals surface area contributed by atoms with E-state index < -0.39 is 12.1 Å².